The highest BCUT2D eigenvalue weighted by Crippen LogP contribution is 2.21. The lowest BCUT2D eigenvalue weighted by atomic mass is 10.2. The highest BCUT2D eigenvalue weighted by atomic mass is 19.2. The van der Waals surface area contributed by atoms with E-state index in [4.69, 9.17) is 0 Å². The second kappa shape index (κ2) is 7.70. The van der Waals surface area contributed by atoms with Crippen molar-refractivity contribution in [3.8, 4) is 5.75 Å². The zero-order valence-electron chi connectivity index (χ0n) is 14.5. The Kier molecular flexibility index (Phi) is 5.37. The summed E-state index contributed by atoms with van der Waals surface area (Å²) in [5, 5.41) is 12.0. The van der Waals surface area contributed by atoms with E-state index in [-0.39, 0.29) is 23.4 Å². The summed E-state index contributed by atoms with van der Waals surface area (Å²) in [6.45, 7) is 4.72. The molecule has 0 radical (unpaired) electrons. The molecule has 3 rings (SSSR count). The summed E-state index contributed by atoms with van der Waals surface area (Å²) < 4.78 is 26.2. The highest BCUT2D eigenvalue weighted by Gasteiger charge is 2.26. The van der Waals surface area contributed by atoms with E-state index in [1.54, 1.807) is 19.1 Å². The number of amides is 1. The number of carbonyl (C=O) groups is 1. The fraction of sp³-hybridized carbons (Fsp3) is 0.316. The summed E-state index contributed by atoms with van der Waals surface area (Å²) in [6, 6.07) is 9.96. The number of benzene rings is 2. The number of hydrogen-bond donors (Lipinski definition) is 2. The molecule has 0 unspecified atom stereocenters. The Labute approximate surface area is 150 Å². The Morgan fingerprint density at radius 1 is 1.04 bits per heavy atom. The van der Waals surface area contributed by atoms with Gasteiger partial charge in [-0.05, 0) is 43.3 Å². The number of anilines is 2. The molecular weight excluding hydrogens is 340 g/mol. The average molecular weight is 361 g/mol. The van der Waals surface area contributed by atoms with E-state index in [2.05, 4.69) is 10.2 Å². The number of phenolic OH excluding ortho intramolecular Hbond substituents is 1. The summed E-state index contributed by atoms with van der Waals surface area (Å²) in [5.74, 6) is -1.96. The van der Waals surface area contributed by atoms with Crippen LogP contribution in [0.5, 0.6) is 5.75 Å². The molecule has 1 fully saturated rings. The molecule has 7 heteroatoms. The molecule has 2 aromatic rings. The maximum absolute atomic E-state index is 13.3. The Balaban J connectivity index is 1.55. The van der Waals surface area contributed by atoms with Gasteiger partial charge in [-0.1, -0.05) is 0 Å². The molecule has 1 aliphatic heterocycles. The van der Waals surface area contributed by atoms with Crippen LogP contribution in [0.15, 0.2) is 42.5 Å². The predicted octanol–water partition coefficient (Wildman–Crippen LogP) is 2.82. The number of phenols is 1. The number of aromatic hydroxyl groups is 1. The first-order valence-corrected chi connectivity index (χ1v) is 8.48. The van der Waals surface area contributed by atoms with E-state index in [0.29, 0.717) is 13.1 Å². The maximum atomic E-state index is 13.3. The molecule has 26 heavy (non-hydrogen) atoms. The van der Waals surface area contributed by atoms with Crippen LogP contribution in [0.2, 0.25) is 0 Å². The Hall–Kier alpha value is -2.67. The molecule has 0 saturated carbocycles. The first-order chi connectivity index (χ1) is 12.4. The fourth-order valence-corrected chi connectivity index (χ4v) is 3.02. The number of hydrogen-bond acceptors (Lipinski definition) is 4. The third-order valence-corrected chi connectivity index (χ3v) is 4.64. The van der Waals surface area contributed by atoms with E-state index in [9.17, 15) is 18.7 Å². The number of piperazine rings is 1. The van der Waals surface area contributed by atoms with E-state index < -0.39 is 11.6 Å². The lowest BCUT2D eigenvalue weighted by molar-refractivity contribution is -0.120. The number of halogens is 2. The van der Waals surface area contributed by atoms with Crippen LogP contribution >= 0.6 is 0 Å². The summed E-state index contributed by atoms with van der Waals surface area (Å²) in [6.07, 6.45) is 0. The molecule has 0 spiro atoms. The van der Waals surface area contributed by atoms with Crippen LogP contribution in [0.1, 0.15) is 6.92 Å². The van der Waals surface area contributed by atoms with Crippen molar-refractivity contribution in [2.24, 2.45) is 0 Å². The quantitative estimate of drug-likeness (QED) is 0.879. The van der Waals surface area contributed by atoms with Crippen molar-refractivity contribution in [3.63, 3.8) is 0 Å². The van der Waals surface area contributed by atoms with Crippen LogP contribution < -0.4 is 10.2 Å². The van der Waals surface area contributed by atoms with Crippen molar-refractivity contribution in [2.45, 2.75) is 13.0 Å². The van der Waals surface area contributed by atoms with Gasteiger partial charge in [-0.25, -0.2) is 8.78 Å². The normalized spacial score (nSPS) is 16.3. The molecule has 1 atom stereocenters. The molecule has 0 bridgehead atoms. The van der Waals surface area contributed by atoms with Gasteiger partial charge in [0.05, 0.1) is 6.04 Å². The molecule has 5 nitrogen and oxygen atoms in total. The minimum absolute atomic E-state index is 0.231. The van der Waals surface area contributed by atoms with E-state index in [1.807, 2.05) is 17.0 Å². The van der Waals surface area contributed by atoms with Gasteiger partial charge in [-0.2, -0.15) is 0 Å². The van der Waals surface area contributed by atoms with Gasteiger partial charge in [0.1, 0.15) is 5.75 Å². The number of rotatable bonds is 4. The summed E-state index contributed by atoms with van der Waals surface area (Å²) in [7, 11) is 0. The van der Waals surface area contributed by atoms with Crippen LogP contribution in [0.25, 0.3) is 0 Å². The van der Waals surface area contributed by atoms with Crippen LogP contribution in [0.4, 0.5) is 20.2 Å². The van der Waals surface area contributed by atoms with Crippen LogP contribution in [-0.2, 0) is 4.79 Å². The van der Waals surface area contributed by atoms with Gasteiger partial charge in [0, 0.05) is 43.6 Å². The third-order valence-electron chi connectivity index (χ3n) is 4.64. The predicted molar refractivity (Wildman–Crippen MR) is 96.3 cm³/mol. The number of carbonyl (C=O) groups excluding carboxylic acids is 1. The van der Waals surface area contributed by atoms with Gasteiger partial charge in [0.25, 0.3) is 0 Å². The van der Waals surface area contributed by atoms with Crippen LogP contribution in [0.3, 0.4) is 0 Å². The monoisotopic (exact) mass is 361 g/mol. The molecule has 0 aliphatic carbocycles. The molecule has 1 heterocycles. The minimum atomic E-state index is -0.988. The highest BCUT2D eigenvalue weighted by molar-refractivity contribution is 5.94. The average Bonchev–Trinajstić information content (AvgIpc) is 2.65. The smallest absolute Gasteiger partial charge is 0.241 e. The van der Waals surface area contributed by atoms with Gasteiger partial charge in [-0.3, -0.25) is 9.69 Å². The second-order valence-electron chi connectivity index (χ2n) is 6.33. The van der Waals surface area contributed by atoms with E-state index in [1.165, 1.54) is 6.07 Å². The van der Waals surface area contributed by atoms with Crippen LogP contribution in [-0.4, -0.2) is 48.1 Å². The Morgan fingerprint density at radius 2 is 1.69 bits per heavy atom. The van der Waals surface area contributed by atoms with E-state index in [0.717, 1.165) is 30.9 Å². The summed E-state index contributed by atoms with van der Waals surface area (Å²) >= 11 is 0. The SMILES string of the molecule is C[C@H](C(=O)Nc1ccc(F)c(F)c1)N1CCN(c2ccc(O)cc2)CC1. The van der Waals surface area contributed by atoms with Crippen molar-refractivity contribution in [1.29, 1.82) is 0 Å². The molecule has 2 N–H and O–H groups in total. The van der Waals surface area contributed by atoms with Gasteiger partial charge >= 0.3 is 0 Å². The summed E-state index contributed by atoms with van der Waals surface area (Å²) in [4.78, 5) is 16.6. The summed E-state index contributed by atoms with van der Waals surface area (Å²) in [5.41, 5.74) is 1.27. The largest absolute Gasteiger partial charge is 0.508 e. The topological polar surface area (TPSA) is 55.8 Å². The lowest BCUT2D eigenvalue weighted by Crippen LogP contribution is -2.52. The molecule has 1 amide bonds. The molecule has 138 valence electrons. The fourth-order valence-electron chi connectivity index (χ4n) is 3.02. The minimum Gasteiger partial charge on any atom is -0.508 e. The standard InChI is InChI=1S/C19H21F2N3O2/c1-13(19(26)22-14-2-7-17(20)18(21)12-14)23-8-10-24(11-9-23)15-3-5-16(25)6-4-15/h2-7,12-13,25H,8-11H2,1H3,(H,22,26)/t13-/m1/s1. The molecular formula is C19H21F2N3O2. The molecule has 0 aromatic heterocycles. The Bertz CT molecular complexity index is 775. The number of nitrogens with zero attached hydrogens (tertiary/aromatic N) is 2. The van der Waals surface area contributed by atoms with Crippen LogP contribution in [0, 0.1) is 11.6 Å². The maximum Gasteiger partial charge on any atom is 0.241 e. The van der Waals surface area contributed by atoms with Crippen molar-refractivity contribution in [1.82, 2.24) is 4.90 Å². The van der Waals surface area contributed by atoms with Crippen molar-refractivity contribution < 1.29 is 18.7 Å². The third kappa shape index (κ3) is 4.11. The lowest BCUT2D eigenvalue weighted by Gasteiger charge is -2.38. The molecule has 2 aromatic carbocycles. The molecule has 1 aliphatic rings. The van der Waals surface area contributed by atoms with Gasteiger partial charge in [0.15, 0.2) is 11.6 Å². The van der Waals surface area contributed by atoms with Gasteiger partial charge in [-0.15, -0.1) is 0 Å². The first kappa shape index (κ1) is 18.1. The Morgan fingerprint density at radius 3 is 2.31 bits per heavy atom. The zero-order valence-corrected chi connectivity index (χ0v) is 14.5. The second-order valence-corrected chi connectivity index (χ2v) is 6.33. The first-order valence-electron chi connectivity index (χ1n) is 8.48. The van der Waals surface area contributed by atoms with Crippen molar-refractivity contribution >= 4 is 17.3 Å². The zero-order chi connectivity index (χ0) is 18.7. The van der Waals surface area contributed by atoms with Gasteiger partial charge in [0.2, 0.25) is 5.91 Å². The van der Waals surface area contributed by atoms with Gasteiger partial charge < -0.3 is 15.3 Å². The molecule has 1 saturated heterocycles. The van der Waals surface area contributed by atoms with E-state index >= 15 is 0 Å². The van der Waals surface area contributed by atoms with Crippen molar-refractivity contribution in [3.05, 3.63) is 54.1 Å². The van der Waals surface area contributed by atoms with Crippen molar-refractivity contribution in [2.75, 3.05) is 36.4 Å². The number of nitrogens with one attached hydrogen (secondary N) is 1.